The summed E-state index contributed by atoms with van der Waals surface area (Å²) in [6, 6.07) is 54.2. The van der Waals surface area contributed by atoms with E-state index in [0.717, 1.165) is 0 Å². The van der Waals surface area contributed by atoms with Gasteiger partial charge in [0.05, 0.1) is 22.1 Å². The first-order valence-electron chi connectivity index (χ1n) is 16.7. The Kier molecular flexibility index (Phi) is 5.09. The van der Waals surface area contributed by atoms with Gasteiger partial charge in [0.25, 0.3) is 0 Å². The lowest BCUT2D eigenvalue weighted by Gasteiger charge is -2.22. The SMILES string of the molecule is CC1(C)c2ccccc2-c2ccc(-n3c4ccc(-n5c6ccccc6c6ccccc65)cc4c4c5sc6ccccc6c5ccc43)cc21. The average Bonchev–Trinajstić information content (AvgIpc) is 3.83. The highest BCUT2D eigenvalue weighted by molar-refractivity contribution is 7.26. The van der Waals surface area contributed by atoms with Crippen molar-refractivity contribution in [1.29, 1.82) is 0 Å². The third-order valence-corrected chi connectivity index (χ3v) is 12.1. The van der Waals surface area contributed by atoms with Crippen molar-refractivity contribution in [3.63, 3.8) is 0 Å². The molecule has 11 rings (SSSR count). The Morgan fingerprint density at radius 1 is 0.438 bits per heavy atom. The van der Waals surface area contributed by atoms with Gasteiger partial charge in [0.1, 0.15) is 0 Å². The van der Waals surface area contributed by atoms with Crippen LogP contribution in [0.15, 0.2) is 146 Å². The number of thiophene rings is 1. The molecule has 0 unspecified atom stereocenters. The topological polar surface area (TPSA) is 9.86 Å². The molecule has 7 aromatic carbocycles. The average molecular weight is 631 g/mol. The van der Waals surface area contributed by atoms with Gasteiger partial charge in [-0.3, -0.25) is 0 Å². The zero-order valence-corrected chi connectivity index (χ0v) is 27.5. The van der Waals surface area contributed by atoms with Crippen molar-refractivity contribution in [3.8, 4) is 22.5 Å². The lowest BCUT2D eigenvalue weighted by atomic mass is 9.82. The molecule has 1 aliphatic carbocycles. The zero-order valence-electron chi connectivity index (χ0n) is 26.7. The van der Waals surface area contributed by atoms with Crippen LogP contribution in [0.3, 0.4) is 0 Å². The van der Waals surface area contributed by atoms with Gasteiger partial charge < -0.3 is 9.13 Å². The number of hydrogen-bond donors (Lipinski definition) is 0. The summed E-state index contributed by atoms with van der Waals surface area (Å²) in [6.07, 6.45) is 0. The highest BCUT2D eigenvalue weighted by Crippen LogP contribution is 2.50. The monoisotopic (exact) mass is 630 g/mol. The van der Waals surface area contributed by atoms with E-state index in [1.54, 1.807) is 0 Å². The Morgan fingerprint density at radius 3 is 1.83 bits per heavy atom. The number of rotatable bonds is 2. The summed E-state index contributed by atoms with van der Waals surface area (Å²) in [5.74, 6) is 0. The standard InChI is InChI=1S/C45H30N2S/c1-45(2)36-15-7-3-11-29(36)30-21-19-28(26-37(30)45)47-40-23-20-27(46-38-16-8-4-12-31(38)32-13-5-9-17-39(32)46)25-35(40)43-41(47)24-22-34-33-14-6-10-18-42(33)48-44(34)43/h3-26H,1-2H3. The lowest BCUT2D eigenvalue weighted by molar-refractivity contribution is 0.660. The van der Waals surface area contributed by atoms with Crippen LogP contribution in [0.1, 0.15) is 25.0 Å². The highest BCUT2D eigenvalue weighted by atomic mass is 32.1. The fourth-order valence-electron chi connectivity index (χ4n) is 8.72. The van der Waals surface area contributed by atoms with E-state index in [1.165, 1.54) is 97.4 Å². The van der Waals surface area contributed by atoms with Crippen LogP contribution in [0.5, 0.6) is 0 Å². The molecule has 0 fully saturated rings. The van der Waals surface area contributed by atoms with Crippen molar-refractivity contribution in [3.05, 3.63) is 157 Å². The Labute approximate surface area is 281 Å². The molecule has 0 saturated carbocycles. The molecule has 10 aromatic rings. The molecule has 3 heterocycles. The molecule has 0 atom stereocenters. The second-order valence-electron chi connectivity index (χ2n) is 13.7. The van der Waals surface area contributed by atoms with E-state index >= 15 is 0 Å². The van der Waals surface area contributed by atoms with Gasteiger partial charge in [0.15, 0.2) is 0 Å². The molecule has 0 radical (unpaired) electrons. The van der Waals surface area contributed by atoms with E-state index in [4.69, 9.17) is 0 Å². The number of hydrogen-bond acceptors (Lipinski definition) is 1. The molecule has 0 spiro atoms. The Balaban J connectivity index is 1.25. The van der Waals surface area contributed by atoms with Crippen LogP contribution in [-0.2, 0) is 5.41 Å². The summed E-state index contributed by atoms with van der Waals surface area (Å²) >= 11 is 1.91. The van der Waals surface area contributed by atoms with Crippen LogP contribution in [-0.4, -0.2) is 9.13 Å². The largest absolute Gasteiger partial charge is 0.309 e. The highest BCUT2D eigenvalue weighted by Gasteiger charge is 2.35. The van der Waals surface area contributed by atoms with Crippen molar-refractivity contribution in [2.24, 2.45) is 0 Å². The van der Waals surface area contributed by atoms with E-state index < -0.39 is 0 Å². The third kappa shape index (κ3) is 3.31. The molecule has 0 saturated heterocycles. The Morgan fingerprint density at radius 2 is 1.02 bits per heavy atom. The molecule has 2 nitrogen and oxygen atoms in total. The summed E-state index contributed by atoms with van der Waals surface area (Å²) in [6.45, 7) is 4.73. The van der Waals surface area contributed by atoms with Crippen LogP contribution in [0.4, 0.5) is 0 Å². The van der Waals surface area contributed by atoms with E-state index in [-0.39, 0.29) is 5.41 Å². The fraction of sp³-hybridized carbons (Fsp3) is 0.0667. The molecular weight excluding hydrogens is 601 g/mol. The summed E-state index contributed by atoms with van der Waals surface area (Å²) in [5.41, 5.74) is 12.8. The molecule has 1 aliphatic rings. The number of aromatic nitrogens is 2. The quantitative estimate of drug-likeness (QED) is 0.180. The zero-order chi connectivity index (χ0) is 31.7. The second kappa shape index (κ2) is 9.25. The number of para-hydroxylation sites is 2. The second-order valence-corrected chi connectivity index (χ2v) is 14.8. The van der Waals surface area contributed by atoms with Crippen LogP contribution in [0.25, 0.3) is 86.3 Å². The molecule has 0 N–H and O–H groups in total. The van der Waals surface area contributed by atoms with Crippen molar-refractivity contribution in [1.82, 2.24) is 9.13 Å². The summed E-state index contributed by atoms with van der Waals surface area (Å²) in [4.78, 5) is 0. The molecule has 48 heavy (non-hydrogen) atoms. The van der Waals surface area contributed by atoms with E-state index in [0.29, 0.717) is 0 Å². The molecule has 226 valence electrons. The fourth-order valence-corrected chi connectivity index (χ4v) is 9.98. The summed E-state index contributed by atoms with van der Waals surface area (Å²) in [7, 11) is 0. The van der Waals surface area contributed by atoms with E-state index in [1.807, 2.05) is 11.3 Å². The van der Waals surface area contributed by atoms with Crippen LogP contribution in [0, 0.1) is 0 Å². The smallest absolute Gasteiger partial charge is 0.0555 e. The molecule has 3 heteroatoms. The molecule has 0 amide bonds. The van der Waals surface area contributed by atoms with Gasteiger partial charge in [-0.25, -0.2) is 0 Å². The minimum absolute atomic E-state index is 0.0663. The predicted molar refractivity (Wildman–Crippen MR) is 206 cm³/mol. The normalized spacial score (nSPS) is 13.8. The summed E-state index contributed by atoms with van der Waals surface area (Å²) < 4.78 is 7.62. The number of benzene rings is 7. The summed E-state index contributed by atoms with van der Waals surface area (Å²) in [5, 5.41) is 7.83. The lowest BCUT2D eigenvalue weighted by Crippen LogP contribution is -2.15. The van der Waals surface area contributed by atoms with Gasteiger partial charge in [0.2, 0.25) is 0 Å². The number of nitrogens with zero attached hydrogens (tertiary/aromatic N) is 2. The van der Waals surface area contributed by atoms with E-state index in [9.17, 15) is 0 Å². The van der Waals surface area contributed by atoms with Crippen LogP contribution >= 0.6 is 11.3 Å². The van der Waals surface area contributed by atoms with Crippen LogP contribution < -0.4 is 0 Å². The maximum Gasteiger partial charge on any atom is 0.0555 e. The van der Waals surface area contributed by atoms with Gasteiger partial charge in [-0.1, -0.05) is 105 Å². The molecule has 3 aromatic heterocycles. The van der Waals surface area contributed by atoms with Crippen LogP contribution in [0.2, 0.25) is 0 Å². The molecule has 0 bridgehead atoms. The maximum absolute atomic E-state index is 2.50. The third-order valence-electron chi connectivity index (χ3n) is 10.9. The Bertz CT molecular complexity index is 2930. The molecule has 0 aliphatic heterocycles. The van der Waals surface area contributed by atoms with Crippen molar-refractivity contribution < 1.29 is 0 Å². The van der Waals surface area contributed by atoms with Crippen molar-refractivity contribution in [2.75, 3.05) is 0 Å². The minimum Gasteiger partial charge on any atom is -0.309 e. The van der Waals surface area contributed by atoms with Gasteiger partial charge in [0, 0.05) is 58.5 Å². The van der Waals surface area contributed by atoms with Gasteiger partial charge in [-0.05, 0) is 76.9 Å². The predicted octanol–water partition coefficient (Wildman–Crippen LogP) is 12.6. The first kappa shape index (κ1) is 26.4. The van der Waals surface area contributed by atoms with Gasteiger partial charge in [-0.15, -0.1) is 11.3 Å². The van der Waals surface area contributed by atoms with Gasteiger partial charge in [-0.2, -0.15) is 0 Å². The first-order chi connectivity index (χ1) is 23.6. The van der Waals surface area contributed by atoms with E-state index in [2.05, 4.69) is 169 Å². The first-order valence-corrected chi connectivity index (χ1v) is 17.5. The van der Waals surface area contributed by atoms with Gasteiger partial charge >= 0.3 is 0 Å². The maximum atomic E-state index is 2.50. The Hall–Kier alpha value is -5.64. The van der Waals surface area contributed by atoms with Crippen molar-refractivity contribution in [2.45, 2.75) is 19.3 Å². The minimum atomic E-state index is -0.0663. The van der Waals surface area contributed by atoms with Crippen molar-refractivity contribution >= 4 is 75.1 Å². The number of fused-ring (bicyclic) bond motifs is 13. The molecular formula is C45H30N2S.